The largest absolute Gasteiger partial charge is 0.334 e. The van der Waals surface area contributed by atoms with Crippen LogP contribution in [0, 0.1) is 0 Å². The monoisotopic (exact) mass is 195 g/mol. The highest BCUT2D eigenvalue weighted by Crippen LogP contribution is 2.19. The zero-order chi connectivity index (χ0) is 9.10. The Morgan fingerprint density at radius 1 is 1.62 bits per heavy atom. The summed E-state index contributed by atoms with van der Waals surface area (Å²) in [6.45, 7) is 0.633. The van der Waals surface area contributed by atoms with Crippen LogP contribution in [0.5, 0.6) is 0 Å². The smallest absolute Gasteiger partial charge is 0.258 e. The maximum Gasteiger partial charge on any atom is 0.258 e. The molecule has 2 heterocycles. The zero-order valence-corrected chi connectivity index (χ0v) is 7.97. The standard InChI is InChI=1S/C8H9N3OS/c1-9-4-7-10-8(12-11-7)6-2-3-13-5-6/h2-3,5,9H,4H2,1H3. The number of nitrogens with zero attached hydrogens (tertiary/aromatic N) is 2. The predicted octanol–water partition coefficient (Wildman–Crippen LogP) is 1.52. The third-order valence-corrected chi connectivity index (χ3v) is 2.25. The maximum absolute atomic E-state index is 5.07. The molecule has 0 aromatic carbocycles. The molecule has 0 aliphatic rings. The van der Waals surface area contributed by atoms with Crippen LogP contribution in [0.25, 0.3) is 11.5 Å². The Balaban J connectivity index is 2.23. The molecule has 0 bridgehead atoms. The van der Waals surface area contributed by atoms with Gasteiger partial charge in [-0.25, -0.2) is 0 Å². The summed E-state index contributed by atoms with van der Waals surface area (Å²) in [5.41, 5.74) is 0.986. The fourth-order valence-corrected chi connectivity index (χ4v) is 1.62. The van der Waals surface area contributed by atoms with Gasteiger partial charge in [0.1, 0.15) is 0 Å². The molecule has 13 heavy (non-hydrogen) atoms. The van der Waals surface area contributed by atoms with E-state index in [0.29, 0.717) is 18.3 Å². The molecule has 68 valence electrons. The topological polar surface area (TPSA) is 51.0 Å². The van der Waals surface area contributed by atoms with Gasteiger partial charge in [-0.15, -0.1) is 0 Å². The minimum absolute atomic E-state index is 0.589. The number of rotatable bonds is 3. The van der Waals surface area contributed by atoms with E-state index >= 15 is 0 Å². The maximum atomic E-state index is 5.07. The van der Waals surface area contributed by atoms with E-state index in [1.165, 1.54) is 0 Å². The van der Waals surface area contributed by atoms with Crippen LogP contribution in [0.4, 0.5) is 0 Å². The minimum atomic E-state index is 0.589. The summed E-state index contributed by atoms with van der Waals surface area (Å²) in [6.07, 6.45) is 0. The Morgan fingerprint density at radius 2 is 2.54 bits per heavy atom. The first-order chi connectivity index (χ1) is 6.40. The van der Waals surface area contributed by atoms with Crippen molar-refractivity contribution in [2.24, 2.45) is 0 Å². The fraction of sp³-hybridized carbons (Fsp3) is 0.250. The molecule has 2 rings (SSSR count). The SMILES string of the molecule is CNCc1noc(-c2ccsc2)n1. The second-order valence-corrected chi connectivity index (χ2v) is 3.34. The van der Waals surface area contributed by atoms with E-state index in [0.717, 1.165) is 5.56 Å². The first kappa shape index (κ1) is 8.40. The third-order valence-electron chi connectivity index (χ3n) is 1.57. The van der Waals surface area contributed by atoms with Gasteiger partial charge in [-0.2, -0.15) is 16.3 Å². The normalized spacial score (nSPS) is 10.5. The van der Waals surface area contributed by atoms with Crippen LogP contribution in [-0.4, -0.2) is 17.2 Å². The molecular formula is C8H9N3OS. The molecule has 1 N–H and O–H groups in total. The Bertz CT molecular complexity index is 368. The van der Waals surface area contributed by atoms with Gasteiger partial charge >= 0.3 is 0 Å². The summed E-state index contributed by atoms with van der Waals surface area (Å²) in [5, 5.41) is 10.7. The van der Waals surface area contributed by atoms with E-state index in [2.05, 4.69) is 15.5 Å². The minimum Gasteiger partial charge on any atom is -0.334 e. The molecule has 0 unspecified atom stereocenters. The number of nitrogens with one attached hydrogen (secondary N) is 1. The summed E-state index contributed by atoms with van der Waals surface area (Å²) >= 11 is 1.61. The number of thiophene rings is 1. The predicted molar refractivity (Wildman–Crippen MR) is 50.4 cm³/mol. The van der Waals surface area contributed by atoms with Crippen molar-refractivity contribution >= 4 is 11.3 Å². The highest BCUT2D eigenvalue weighted by Gasteiger charge is 2.07. The molecule has 5 heteroatoms. The molecule has 0 saturated carbocycles. The van der Waals surface area contributed by atoms with Crippen molar-refractivity contribution in [2.75, 3.05) is 7.05 Å². The average molecular weight is 195 g/mol. The van der Waals surface area contributed by atoms with Crippen LogP contribution in [0.15, 0.2) is 21.3 Å². The Kier molecular flexibility index (Phi) is 2.37. The van der Waals surface area contributed by atoms with Crippen molar-refractivity contribution in [3.05, 3.63) is 22.7 Å². The van der Waals surface area contributed by atoms with Crippen LogP contribution in [0.3, 0.4) is 0 Å². The third kappa shape index (κ3) is 1.76. The average Bonchev–Trinajstić information content (AvgIpc) is 2.70. The van der Waals surface area contributed by atoms with E-state index in [1.54, 1.807) is 11.3 Å². The molecule has 4 nitrogen and oxygen atoms in total. The second-order valence-electron chi connectivity index (χ2n) is 2.56. The number of hydrogen-bond donors (Lipinski definition) is 1. The first-order valence-corrected chi connectivity index (χ1v) is 4.84. The summed E-state index contributed by atoms with van der Waals surface area (Å²) in [6, 6.07) is 1.96. The Labute approximate surface area is 79.6 Å². The molecule has 2 aromatic heterocycles. The van der Waals surface area contributed by atoms with Gasteiger partial charge in [0.25, 0.3) is 5.89 Å². The lowest BCUT2D eigenvalue weighted by Crippen LogP contribution is -2.06. The van der Waals surface area contributed by atoms with E-state index in [9.17, 15) is 0 Å². The lowest BCUT2D eigenvalue weighted by Gasteiger charge is -1.86. The molecule has 0 saturated heterocycles. The van der Waals surface area contributed by atoms with Crippen LogP contribution in [0.2, 0.25) is 0 Å². The van der Waals surface area contributed by atoms with Crippen molar-refractivity contribution in [1.82, 2.24) is 15.5 Å². The van der Waals surface area contributed by atoms with Gasteiger partial charge in [0.05, 0.1) is 12.1 Å². The molecule has 2 aromatic rings. The zero-order valence-electron chi connectivity index (χ0n) is 7.15. The number of aromatic nitrogens is 2. The van der Waals surface area contributed by atoms with Gasteiger partial charge in [0, 0.05) is 5.38 Å². The van der Waals surface area contributed by atoms with E-state index < -0.39 is 0 Å². The van der Waals surface area contributed by atoms with Gasteiger partial charge in [-0.3, -0.25) is 0 Å². The van der Waals surface area contributed by atoms with Gasteiger partial charge in [-0.05, 0) is 18.5 Å². The van der Waals surface area contributed by atoms with Crippen molar-refractivity contribution < 1.29 is 4.52 Å². The van der Waals surface area contributed by atoms with E-state index in [-0.39, 0.29) is 0 Å². The van der Waals surface area contributed by atoms with Crippen molar-refractivity contribution in [3.63, 3.8) is 0 Å². The molecular weight excluding hydrogens is 186 g/mol. The Morgan fingerprint density at radius 3 is 3.23 bits per heavy atom. The highest BCUT2D eigenvalue weighted by atomic mass is 32.1. The van der Waals surface area contributed by atoms with Gasteiger partial charge in [-0.1, -0.05) is 5.16 Å². The fourth-order valence-electron chi connectivity index (χ4n) is 0.987. The summed E-state index contributed by atoms with van der Waals surface area (Å²) < 4.78 is 5.07. The molecule has 0 fully saturated rings. The van der Waals surface area contributed by atoms with Crippen LogP contribution >= 0.6 is 11.3 Å². The lowest BCUT2D eigenvalue weighted by atomic mass is 10.3. The summed E-state index contributed by atoms with van der Waals surface area (Å²) in [4.78, 5) is 4.21. The molecule has 0 atom stereocenters. The van der Waals surface area contributed by atoms with Crippen molar-refractivity contribution in [1.29, 1.82) is 0 Å². The number of hydrogen-bond acceptors (Lipinski definition) is 5. The van der Waals surface area contributed by atoms with Gasteiger partial charge in [0.15, 0.2) is 5.82 Å². The molecule has 0 spiro atoms. The Hall–Kier alpha value is -1.20. The van der Waals surface area contributed by atoms with Gasteiger partial charge < -0.3 is 9.84 Å². The quantitative estimate of drug-likeness (QED) is 0.806. The highest BCUT2D eigenvalue weighted by molar-refractivity contribution is 7.08. The van der Waals surface area contributed by atoms with Crippen LogP contribution in [-0.2, 0) is 6.54 Å². The van der Waals surface area contributed by atoms with Crippen molar-refractivity contribution in [3.8, 4) is 11.5 Å². The van der Waals surface area contributed by atoms with E-state index in [4.69, 9.17) is 4.52 Å². The second kappa shape index (κ2) is 3.68. The summed E-state index contributed by atoms with van der Waals surface area (Å²) in [5.74, 6) is 1.27. The summed E-state index contributed by atoms with van der Waals surface area (Å²) in [7, 11) is 1.85. The van der Waals surface area contributed by atoms with Crippen LogP contribution < -0.4 is 5.32 Å². The molecule has 0 radical (unpaired) electrons. The van der Waals surface area contributed by atoms with Crippen molar-refractivity contribution in [2.45, 2.75) is 6.54 Å². The van der Waals surface area contributed by atoms with Gasteiger partial charge in [0.2, 0.25) is 0 Å². The van der Waals surface area contributed by atoms with E-state index in [1.807, 2.05) is 23.9 Å². The van der Waals surface area contributed by atoms with Crippen LogP contribution in [0.1, 0.15) is 5.82 Å². The molecule has 0 aliphatic heterocycles. The molecule has 0 amide bonds. The lowest BCUT2D eigenvalue weighted by molar-refractivity contribution is 0.421. The first-order valence-electron chi connectivity index (χ1n) is 3.90. The molecule has 0 aliphatic carbocycles.